The van der Waals surface area contributed by atoms with Crippen molar-refractivity contribution in [3.8, 4) is 11.1 Å². The maximum absolute atomic E-state index is 13.5. The number of hydrogen-bond acceptors (Lipinski definition) is 6. The van der Waals surface area contributed by atoms with Gasteiger partial charge in [0.05, 0.1) is 34.8 Å². The lowest BCUT2D eigenvalue weighted by atomic mass is 10.00. The number of amides is 1. The lowest BCUT2D eigenvalue weighted by Crippen LogP contribution is -2.63. The summed E-state index contributed by atoms with van der Waals surface area (Å²) in [5.41, 5.74) is 2.50. The minimum Gasteiger partial charge on any atom is -0.361 e. The summed E-state index contributed by atoms with van der Waals surface area (Å²) in [6.07, 6.45) is 1.73. The fourth-order valence-electron chi connectivity index (χ4n) is 4.34. The van der Waals surface area contributed by atoms with Crippen LogP contribution in [0.2, 0.25) is 10.0 Å². The Bertz CT molecular complexity index is 1200. The van der Waals surface area contributed by atoms with Crippen molar-refractivity contribution >= 4 is 40.6 Å². The standard InChI is InChI=1S/C23H20Cl2FN3O3S/c24-19-8-15(4-5-20(19)26)23(31)13-29-7-6-28(10-16(29)11-32-23)22(30)18-3-1-2-17(21(18)25)14-9-27-33-12-14/h1-5,8-9,12,16,31H,6-7,10-11,13H2/t16-,23-/m0/s1. The molecule has 0 aliphatic carbocycles. The van der Waals surface area contributed by atoms with Crippen molar-refractivity contribution in [2.75, 3.05) is 32.8 Å². The quantitative estimate of drug-likeness (QED) is 0.573. The van der Waals surface area contributed by atoms with Crippen LogP contribution in [0.5, 0.6) is 0 Å². The maximum atomic E-state index is 13.5. The van der Waals surface area contributed by atoms with E-state index in [1.807, 2.05) is 17.5 Å². The second kappa shape index (κ2) is 8.94. The van der Waals surface area contributed by atoms with E-state index >= 15 is 0 Å². The van der Waals surface area contributed by atoms with Crippen molar-refractivity contribution in [2.45, 2.75) is 11.8 Å². The van der Waals surface area contributed by atoms with Crippen LogP contribution in [0.1, 0.15) is 15.9 Å². The van der Waals surface area contributed by atoms with Crippen LogP contribution in [0.4, 0.5) is 4.39 Å². The molecule has 2 saturated heterocycles. The van der Waals surface area contributed by atoms with E-state index < -0.39 is 11.6 Å². The summed E-state index contributed by atoms with van der Waals surface area (Å²) in [5.74, 6) is -2.29. The Labute approximate surface area is 204 Å². The van der Waals surface area contributed by atoms with Crippen LogP contribution < -0.4 is 0 Å². The Balaban J connectivity index is 1.31. The zero-order chi connectivity index (χ0) is 23.2. The van der Waals surface area contributed by atoms with Gasteiger partial charge in [0.2, 0.25) is 5.79 Å². The van der Waals surface area contributed by atoms with Crippen molar-refractivity contribution < 1.29 is 19.0 Å². The number of fused-ring (bicyclic) bond motifs is 1. The summed E-state index contributed by atoms with van der Waals surface area (Å²) >= 11 is 13.8. The number of halogens is 3. The minimum atomic E-state index is -1.59. The number of piperazine rings is 1. The Morgan fingerprint density at radius 3 is 2.88 bits per heavy atom. The number of carbonyl (C=O) groups is 1. The summed E-state index contributed by atoms with van der Waals surface area (Å²) in [7, 11) is 0. The average Bonchev–Trinajstić information content (AvgIpc) is 3.35. The number of morpholine rings is 1. The first-order chi connectivity index (χ1) is 15.9. The molecule has 172 valence electrons. The number of aromatic nitrogens is 1. The highest BCUT2D eigenvalue weighted by atomic mass is 35.5. The molecule has 6 nitrogen and oxygen atoms in total. The molecule has 2 aromatic carbocycles. The van der Waals surface area contributed by atoms with Gasteiger partial charge in [-0.15, -0.1) is 0 Å². The van der Waals surface area contributed by atoms with Gasteiger partial charge in [-0.05, 0) is 29.7 Å². The molecule has 1 aromatic heterocycles. The van der Waals surface area contributed by atoms with Crippen LogP contribution in [-0.2, 0) is 10.5 Å². The van der Waals surface area contributed by atoms with Crippen LogP contribution in [-0.4, -0.2) is 64.0 Å². The zero-order valence-electron chi connectivity index (χ0n) is 17.4. The first-order valence-electron chi connectivity index (χ1n) is 10.4. The Kier molecular flexibility index (Phi) is 6.15. The molecule has 5 rings (SSSR count). The topological polar surface area (TPSA) is 65.9 Å². The lowest BCUT2D eigenvalue weighted by Gasteiger charge is -2.48. The number of aliphatic hydroxyl groups is 1. The van der Waals surface area contributed by atoms with Gasteiger partial charge in [0.1, 0.15) is 5.82 Å². The molecule has 2 aliphatic rings. The highest BCUT2D eigenvalue weighted by Gasteiger charge is 2.43. The molecule has 3 aromatic rings. The molecule has 0 radical (unpaired) electrons. The molecule has 33 heavy (non-hydrogen) atoms. The fourth-order valence-corrected chi connectivity index (χ4v) is 5.37. The number of ether oxygens (including phenoxy) is 1. The summed E-state index contributed by atoms with van der Waals surface area (Å²) < 4.78 is 23.5. The molecule has 1 amide bonds. The predicted octanol–water partition coefficient (Wildman–Crippen LogP) is 4.26. The first-order valence-corrected chi connectivity index (χ1v) is 12.0. The average molecular weight is 508 g/mol. The van der Waals surface area contributed by atoms with E-state index in [9.17, 15) is 14.3 Å². The highest BCUT2D eigenvalue weighted by molar-refractivity contribution is 7.03. The van der Waals surface area contributed by atoms with Crippen molar-refractivity contribution in [3.63, 3.8) is 0 Å². The van der Waals surface area contributed by atoms with Crippen molar-refractivity contribution in [2.24, 2.45) is 0 Å². The highest BCUT2D eigenvalue weighted by Crippen LogP contribution is 2.35. The van der Waals surface area contributed by atoms with Crippen LogP contribution in [0, 0.1) is 5.82 Å². The summed E-state index contributed by atoms with van der Waals surface area (Å²) in [6.45, 7) is 1.89. The van der Waals surface area contributed by atoms with Gasteiger partial charge in [-0.3, -0.25) is 9.69 Å². The van der Waals surface area contributed by atoms with Gasteiger partial charge >= 0.3 is 0 Å². The largest absolute Gasteiger partial charge is 0.361 e. The first kappa shape index (κ1) is 22.7. The number of hydrogen-bond donors (Lipinski definition) is 1. The minimum absolute atomic E-state index is 0.0700. The van der Waals surface area contributed by atoms with Gasteiger partial charge in [0.25, 0.3) is 5.91 Å². The van der Waals surface area contributed by atoms with Crippen LogP contribution in [0.3, 0.4) is 0 Å². The molecule has 1 N–H and O–H groups in total. The molecule has 0 saturated carbocycles. The summed E-state index contributed by atoms with van der Waals surface area (Å²) in [4.78, 5) is 17.2. The van der Waals surface area contributed by atoms with Gasteiger partial charge in [0, 0.05) is 47.9 Å². The van der Waals surface area contributed by atoms with Crippen LogP contribution in [0.15, 0.2) is 48.0 Å². The number of benzene rings is 2. The summed E-state index contributed by atoms with van der Waals surface area (Å²) in [6, 6.07) is 9.41. The van der Waals surface area contributed by atoms with E-state index in [2.05, 4.69) is 9.27 Å². The molecule has 2 atom stereocenters. The van der Waals surface area contributed by atoms with E-state index in [0.717, 1.165) is 11.1 Å². The van der Waals surface area contributed by atoms with Crippen molar-refractivity contribution in [1.82, 2.24) is 14.2 Å². The molecule has 0 spiro atoms. The zero-order valence-corrected chi connectivity index (χ0v) is 19.7. The molecule has 2 fully saturated rings. The fraction of sp³-hybridized carbons (Fsp3) is 0.304. The number of nitrogens with zero attached hydrogens (tertiary/aromatic N) is 3. The Morgan fingerprint density at radius 1 is 1.27 bits per heavy atom. The van der Waals surface area contributed by atoms with Crippen LogP contribution >= 0.6 is 34.7 Å². The molecule has 2 aliphatic heterocycles. The van der Waals surface area contributed by atoms with Gasteiger partial charge < -0.3 is 14.7 Å². The molecule has 0 bridgehead atoms. The van der Waals surface area contributed by atoms with Crippen LogP contribution in [0.25, 0.3) is 11.1 Å². The van der Waals surface area contributed by atoms with Gasteiger partial charge in [0.15, 0.2) is 0 Å². The van der Waals surface area contributed by atoms with E-state index in [4.69, 9.17) is 27.9 Å². The van der Waals surface area contributed by atoms with E-state index in [0.29, 0.717) is 35.8 Å². The van der Waals surface area contributed by atoms with Gasteiger partial charge in [-0.2, -0.15) is 0 Å². The monoisotopic (exact) mass is 507 g/mol. The second-order valence-corrected chi connectivity index (χ2v) is 9.62. The second-order valence-electron chi connectivity index (χ2n) is 8.18. The predicted molar refractivity (Wildman–Crippen MR) is 125 cm³/mol. The maximum Gasteiger partial charge on any atom is 0.255 e. The van der Waals surface area contributed by atoms with E-state index in [1.165, 1.54) is 29.7 Å². The third-order valence-corrected chi connectivity index (χ3v) is 7.45. The smallest absolute Gasteiger partial charge is 0.255 e. The Hall–Kier alpha value is -2.07. The molecular formula is C23H20Cl2FN3O3S. The van der Waals surface area contributed by atoms with Gasteiger partial charge in [-0.1, -0.05) is 41.4 Å². The molecular weight excluding hydrogens is 488 g/mol. The number of rotatable bonds is 3. The Morgan fingerprint density at radius 2 is 2.12 bits per heavy atom. The lowest BCUT2D eigenvalue weighted by molar-refractivity contribution is -0.265. The summed E-state index contributed by atoms with van der Waals surface area (Å²) in [5, 5.41) is 13.3. The molecule has 0 unspecified atom stereocenters. The molecule has 3 heterocycles. The van der Waals surface area contributed by atoms with E-state index in [-0.39, 0.29) is 30.1 Å². The molecule has 10 heteroatoms. The van der Waals surface area contributed by atoms with E-state index in [1.54, 1.807) is 17.2 Å². The third-order valence-electron chi connectivity index (χ3n) is 6.17. The van der Waals surface area contributed by atoms with Crippen molar-refractivity contribution in [3.05, 3.63) is 75.0 Å². The SMILES string of the molecule is O=C(c1cccc(-c2cnsc2)c1Cl)N1CCN2C[C@@](O)(c3ccc(F)c(Cl)c3)OC[C@@H]2C1. The van der Waals surface area contributed by atoms with Crippen molar-refractivity contribution in [1.29, 1.82) is 0 Å². The normalized spacial score (nSPS) is 23.4. The van der Waals surface area contributed by atoms with Gasteiger partial charge in [-0.25, -0.2) is 8.76 Å². The third kappa shape index (κ3) is 4.27. The number of carbonyl (C=O) groups excluding carboxylic acids is 1.